The van der Waals surface area contributed by atoms with Crippen molar-refractivity contribution in [2.24, 2.45) is 0 Å². The van der Waals surface area contributed by atoms with Gasteiger partial charge in [-0.05, 0) is 46.0 Å². The van der Waals surface area contributed by atoms with Crippen molar-refractivity contribution >= 4 is 0 Å². The number of hydrogen-bond donors (Lipinski definition) is 1. The van der Waals surface area contributed by atoms with Crippen LogP contribution < -0.4 is 5.32 Å². The van der Waals surface area contributed by atoms with Crippen molar-refractivity contribution in [3.63, 3.8) is 0 Å². The normalized spacial score (nSPS) is 33.5. The van der Waals surface area contributed by atoms with Crippen LogP contribution in [0.25, 0.3) is 0 Å². The van der Waals surface area contributed by atoms with Gasteiger partial charge in [-0.2, -0.15) is 0 Å². The summed E-state index contributed by atoms with van der Waals surface area (Å²) in [5, 5.41) is 3.82. The van der Waals surface area contributed by atoms with E-state index in [1.54, 1.807) is 0 Å². The number of ether oxygens (including phenoxy) is 1. The Bertz CT molecular complexity index is 312. The lowest BCUT2D eigenvalue weighted by Crippen LogP contribution is -2.64. The SMILES string of the molecule is CCC1CNC(CC)(CC)CN1CC1CCC(C)(C)O1. The Morgan fingerprint density at radius 2 is 1.90 bits per heavy atom. The van der Waals surface area contributed by atoms with Crippen LogP contribution >= 0.6 is 0 Å². The fraction of sp³-hybridized carbons (Fsp3) is 1.00. The van der Waals surface area contributed by atoms with E-state index in [1.165, 1.54) is 38.6 Å². The molecule has 0 aromatic carbocycles. The van der Waals surface area contributed by atoms with E-state index in [-0.39, 0.29) is 5.60 Å². The third-order valence-electron chi connectivity index (χ3n) is 5.55. The summed E-state index contributed by atoms with van der Waals surface area (Å²) in [7, 11) is 0. The third-order valence-corrected chi connectivity index (χ3v) is 5.55. The zero-order valence-electron chi connectivity index (χ0n) is 14.2. The zero-order chi connectivity index (χ0) is 14.8. The van der Waals surface area contributed by atoms with Crippen LogP contribution in [0, 0.1) is 0 Å². The Kier molecular flexibility index (Phi) is 5.14. The van der Waals surface area contributed by atoms with Crippen molar-refractivity contribution in [3.05, 3.63) is 0 Å². The molecule has 2 unspecified atom stereocenters. The molecular formula is C17H34N2O. The molecule has 0 aromatic heterocycles. The summed E-state index contributed by atoms with van der Waals surface area (Å²) in [5.41, 5.74) is 0.410. The van der Waals surface area contributed by atoms with Crippen LogP contribution in [0.2, 0.25) is 0 Å². The van der Waals surface area contributed by atoms with E-state index in [0.717, 1.165) is 13.1 Å². The van der Waals surface area contributed by atoms with Crippen molar-refractivity contribution in [1.29, 1.82) is 0 Å². The van der Waals surface area contributed by atoms with E-state index < -0.39 is 0 Å². The van der Waals surface area contributed by atoms with Crippen LogP contribution in [0.5, 0.6) is 0 Å². The number of hydrogen-bond acceptors (Lipinski definition) is 3. The van der Waals surface area contributed by atoms with Gasteiger partial charge in [0.05, 0.1) is 11.7 Å². The summed E-state index contributed by atoms with van der Waals surface area (Å²) in [6, 6.07) is 0.675. The van der Waals surface area contributed by atoms with E-state index in [4.69, 9.17) is 4.74 Å². The molecule has 2 aliphatic rings. The lowest BCUT2D eigenvalue weighted by atomic mass is 9.88. The molecule has 0 spiro atoms. The van der Waals surface area contributed by atoms with Crippen LogP contribution in [-0.2, 0) is 4.74 Å². The second-order valence-corrected chi connectivity index (χ2v) is 7.40. The largest absolute Gasteiger partial charge is 0.371 e. The van der Waals surface area contributed by atoms with Gasteiger partial charge in [0, 0.05) is 31.2 Å². The summed E-state index contributed by atoms with van der Waals surface area (Å²) >= 11 is 0. The lowest BCUT2D eigenvalue weighted by Gasteiger charge is -2.48. The average Bonchev–Trinajstić information content (AvgIpc) is 2.78. The smallest absolute Gasteiger partial charge is 0.0710 e. The highest BCUT2D eigenvalue weighted by Crippen LogP contribution is 2.31. The first-order chi connectivity index (χ1) is 9.43. The predicted octanol–water partition coefficient (Wildman–Crippen LogP) is 3.19. The standard InChI is InChI=1S/C17H34N2O/c1-6-14-11-18-17(7-2,8-3)13-19(14)12-15-9-10-16(4,5)20-15/h14-15,18H,6-13H2,1-5H3. The second-order valence-electron chi connectivity index (χ2n) is 7.40. The summed E-state index contributed by atoms with van der Waals surface area (Å²) in [6.07, 6.45) is 6.52. The van der Waals surface area contributed by atoms with Crippen molar-refractivity contribution in [2.45, 2.75) is 90.0 Å². The Hall–Kier alpha value is -0.120. The fourth-order valence-electron chi connectivity index (χ4n) is 3.84. The molecule has 2 heterocycles. The van der Waals surface area contributed by atoms with Crippen molar-refractivity contribution in [2.75, 3.05) is 19.6 Å². The number of piperazine rings is 1. The van der Waals surface area contributed by atoms with Gasteiger partial charge in [-0.3, -0.25) is 4.90 Å². The van der Waals surface area contributed by atoms with Gasteiger partial charge in [0.2, 0.25) is 0 Å². The number of nitrogens with one attached hydrogen (secondary N) is 1. The molecule has 118 valence electrons. The zero-order valence-corrected chi connectivity index (χ0v) is 14.2. The maximum Gasteiger partial charge on any atom is 0.0710 e. The van der Waals surface area contributed by atoms with Crippen LogP contribution in [-0.4, -0.2) is 47.8 Å². The Morgan fingerprint density at radius 3 is 2.40 bits per heavy atom. The molecular weight excluding hydrogens is 248 g/mol. The van der Waals surface area contributed by atoms with Crippen LogP contribution in [0.3, 0.4) is 0 Å². The highest BCUT2D eigenvalue weighted by Gasteiger charge is 2.39. The van der Waals surface area contributed by atoms with Gasteiger partial charge < -0.3 is 10.1 Å². The van der Waals surface area contributed by atoms with E-state index >= 15 is 0 Å². The molecule has 20 heavy (non-hydrogen) atoms. The van der Waals surface area contributed by atoms with Crippen molar-refractivity contribution in [3.8, 4) is 0 Å². The van der Waals surface area contributed by atoms with Gasteiger partial charge >= 0.3 is 0 Å². The minimum absolute atomic E-state index is 0.0903. The van der Waals surface area contributed by atoms with E-state index in [1.807, 2.05) is 0 Å². The van der Waals surface area contributed by atoms with Gasteiger partial charge in [0.15, 0.2) is 0 Å². The fourth-order valence-corrected chi connectivity index (χ4v) is 3.84. The first-order valence-electron chi connectivity index (χ1n) is 8.60. The molecule has 0 bridgehead atoms. The molecule has 0 amide bonds. The summed E-state index contributed by atoms with van der Waals surface area (Å²) in [4.78, 5) is 2.70. The maximum atomic E-state index is 6.22. The van der Waals surface area contributed by atoms with Crippen LogP contribution in [0.15, 0.2) is 0 Å². The third kappa shape index (κ3) is 3.55. The maximum absolute atomic E-state index is 6.22. The molecule has 2 aliphatic heterocycles. The summed E-state index contributed by atoms with van der Waals surface area (Å²) in [6.45, 7) is 14.8. The molecule has 0 saturated carbocycles. The van der Waals surface area contributed by atoms with Gasteiger partial charge in [-0.15, -0.1) is 0 Å². The molecule has 0 aliphatic carbocycles. The van der Waals surface area contributed by atoms with E-state index in [9.17, 15) is 0 Å². The van der Waals surface area contributed by atoms with Crippen molar-refractivity contribution < 1.29 is 4.74 Å². The molecule has 2 rings (SSSR count). The molecule has 0 aromatic rings. The van der Waals surface area contributed by atoms with Crippen molar-refractivity contribution in [1.82, 2.24) is 10.2 Å². The molecule has 2 fully saturated rings. The topological polar surface area (TPSA) is 24.5 Å². The quantitative estimate of drug-likeness (QED) is 0.838. The molecule has 1 N–H and O–H groups in total. The van der Waals surface area contributed by atoms with Crippen LogP contribution in [0.1, 0.15) is 66.7 Å². The summed E-state index contributed by atoms with van der Waals surface area (Å²) < 4.78 is 6.22. The molecule has 2 atom stereocenters. The lowest BCUT2D eigenvalue weighted by molar-refractivity contribution is -0.0447. The van der Waals surface area contributed by atoms with Gasteiger partial charge in [0.1, 0.15) is 0 Å². The van der Waals surface area contributed by atoms with Gasteiger partial charge in [-0.1, -0.05) is 20.8 Å². The van der Waals surface area contributed by atoms with E-state index in [0.29, 0.717) is 17.7 Å². The first kappa shape index (κ1) is 16.3. The highest BCUT2D eigenvalue weighted by atomic mass is 16.5. The molecule has 3 nitrogen and oxygen atoms in total. The Balaban J connectivity index is 1.99. The first-order valence-corrected chi connectivity index (χ1v) is 8.60. The summed E-state index contributed by atoms with van der Waals surface area (Å²) in [5.74, 6) is 0. The number of rotatable bonds is 5. The Morgan fingerprint density at radius 1 is 1.20 bits per heavy atom. The van der Waals surface area contributed by atoms with Crippen LogP contribution in [0.4, 0.5) is 0 Å². The molecule has 0 radical (unpaired) electrons. The minimum atomic E-state index is 0.0903. The van der Waals surface area contributed by atoms with Gasteiger partial charge in [0.25, 0.3) is 0 Å². The van der Waals surface area contributed by atoms with E-state index in [2.05, 4.69) is 44.8 Å². The monoisotopic (exact) mass is 282 g/mol. The van der Waals surface area contributed by atoms with Gasteiger partial charge in [-0.25, -0.2) is 0 Å². The number of nitrogens with zero attached hydrogens (tertiary/aromatic N) is 1. The second kappa shape index (κ2) is 6.33. The average molecular weight is 282 g/mol. The Labute approximate surface area is 125 Å². The minimum Gasteiger partial charge on any atom is -0.371 e. The predicted molar refractivity (Wildman–Crippen MR) is 85.2 cm³/mol. The molecule has 2 saturated heterocycles. The molecule has 3 heteroatoms. The highest BCUT2D eigenvalue weighted by molar-refractivity contribution is 4.97.